The SMILES string of the molecule is CCCCC1N(CC2CCCCC2)OCC12CCN(C(=O)OCc1ccccc1)CC2. The van der Waals surface area contributed by atoms with Crippen molar-refractivity contribution in [2.75, 3.05) is 26.2 Å². The second-order valence-electron chi connectivity index (χ2n) is 9.92. The van der Waals surface area contributed by atoms with Gasteiger partial charge in [-0.3, -0.25) is 4.84 Å². The lowest BCUT2D eigenvalue weighted by Crippen LogP contribution is -2.50. The van der Waals surface area contributed by atoms with Crippen LogP contribution in [0.5, 0.6) is 0 Å². The minimum atomic E-state index is -0.179. The zero-order chi connectivity index (χ0) is 21.5. The second kappa shape index (κ2) is 10.8. The molecule has 2 saturated heterocycles. The summed E-state index contributed by atoms with van der Waals surface area (Å²) in [5, 5.41) is 2.37. The number of amides is 1. The molecular formula is C26H40N2O3. The summed E-state index contributed by atoms with van der Waals surface area (Å²) in [6.45, 7) is 6.09. The maximum absolute atomic E-state index is 12.6. The lowest BCUT2D eigenvalue weighted by atomic mass is 9.72. The Kier molecular flexibility index (Phi) is 7.89. The summed E-state index contributed by atoms with van der Waals surface area (Å²) in [5.41, 5.74) is 1.23. The zero-order valence-electron chi connectivity index (χ0n) is 19.3. The fourth-order valence-corrected chi connectivity index (χ4v) is 5.78. The van der Waals surface area contributed by atoms with Crippen LogP contribution in [0.1, 0.15) is 76.7 Å². The molecule has 0 aromatic heterocycles. The number of carbonyl (C=O) groups is 1. The monoisotopic (exact) mass is 428 g/mol. The number of hydrogen-bond acceptors (Lipinski definition) is 4. The number of nitrogens with zero attached hydrogens (tertiary/aromatic N) is 2. The van der Waals surface area contributed by atoms with Gasteiger partial charge < -0.3 is 9.64 Å². The molecule has 2 aliphatic heterocycles. The Labute approximate surface area is 188 Å². The van der Waals surface area contributed by atoms with E-state index in [0.717, 1.165) is 50.6 Å². The summed E-state index contributed by atoms with van der Waals surface area (Å²) in [7, 11) is 0. The molecule has 1 unspecified atom stereocenters. The maximum atomic E-state index is 12.6. The fourth-order valence-electron chi connectivity index (χ4n) is 5.78. The molecule has 1 atom stereocenters. The lowest BCUT2D eigenvalue weighted by Gasteiger charge is -2.42. The van der Waals surface area contributed by atoms with E-state index in [1.54, 1.807) is 0 Å². The van der Waals surface area contributed by atoms with Crippen molar-refractivity contribution in [3.05, 3.63) is 35.9 Å². The van der Waals surface area contributed by atoms with E-state index in [9.17, 15) is 4.79 Å². The van der Waals surface area contributed by atoms with Gasteiger partial charge >= 0.3 is 6.09 Å². The molecular weight excluding hydrogens is 388 g/mol. The van der Waals surface area contributed by atoms with E-state index in [1.807, 2.05) is 35.2 Å². The van der Waals surface area contributed by atoms with Crippen molar-refractivity contribution in [2.45, 2.75) is 83.8 Å². The third-order valence-corrected chi connectivity index (χ3v) is 7.79. The van der Waals surface area contributed by atoms with Gasteiger partial charge in [-0.15, -0.1) is 0 Å². The number of piperidine rings is 1. The molecule has 0 N–H and O–H groups in total. The Morgan fingerprint density at radius 3 is 2.58 bits per heavy atom. The fraction of sp³-hybridized carbons (Fsp3) is 0.731. The Morgan fingerprint density at radius 1 is 1.13 bits per heavy atom. The number of unbranched alkanes of at least 4 members (excludes halogenated alkanes) is 1. The Morgan fingerprint density at radius 2 is 1.87 bits per heavy atom. The molecule has 3 aliphatic rings. The van der Waals surface area contributed by atoms with Gasteiger partial charge in [0.15, 0.2) is 0 Å². The molecule has 5 heteroatoms. The van der Waals surface area contributed by atoms with Crippen molar-refractivity contribution in [3.8, 4) is 0 Å². The summed E-state index contributed by atoms with van der Waals surface area (Å²) in [5.74, 6) is 0.793. The molecule has 1 aliphatic carbocycles. The van der Waals surface area contributed by atoms with E-state index in [4.69, 9.17) is 9.57 Å². The average molecular weight is 429 g/mol. The molecule has 1 aromatic rings. The molecule has 2 heterocycles. The van der Waals surface area contributed by atoms with Crippen molar-refractivity contribution in [3.63, 3.8) is 0 Å². The van der Waals surface area contributed by atoms with Crippen LogP contribution >= 0.6 is 0 Å². The molecule has 1 aromatic carbocycles. The largest absolute Gasteiger partial charge is 0.445 e. The molecule has 0 bridgehead atoms. The van der Waals surface area contributed by atoms with Crippen molar-refractivity contribution in [2.24, 2.45) is 11.3 Å². The number of likely N-dealkylation sites (tertiary alicyclic amines) is 1. The van der Waals surface area contributed by atoms with Gasteiger partial charge in [-0.05, 0) is 43.6 Å². The van der Waals surface area contributed by atoms with Crippen LogP contribution in [-0.2, 0) is 16.2 Å². The number of rotatable bonds is 7. The highest BCUT2D eigenvalue weighted by Crippen LogP contribution is 2.45. The Balaban J connectivity index is 1.32. The predicted octanol–water partition coefficient (Wildman–Crippen LogP) is 5.79. The van der Waals surface area contributed by atoms with E-state index >= 15 is 0 Å². The van der Waals surface area contributed by atoms with Crippen molar-refractivity contribution < 1.29 is 14.4 Å². The summed E-state index contributed by atoms with van der Waals surface area (Å²) in [6.07, 6.45) is 12.4. The molecule has 172 valence electrons. The highest BCUT2D eigenvalue weighted by atomic mass is 16.7. The van der Waals surface area contributed by atoms with Gasteiger partial charge in [0.1, 0.15) is 6.61 Å². The van der Waals surface area contributed by atoms with Gasteiger partial charge in [0.2, 0.25) is 0 Å². The molecule has 1 saturated carbocycles. The third-order valence-electron chi connectivity index (χ3n) is 7.79. The summed E-state index contributed by atoms with van der Waals surface area (Å²) in [4.78, 5) is 20.9. The number of carbonyl (C=O) groups excluding carboxylic acids is 1. The second-order valence-corrected chi connectivity index (χ2v) is 9.92. The van der Waals surface area contributed by atoms with Crippen LogP contribution in [-0.4, -0.2) is 48.3 Å². The summed E-state index contributed by atoms with van der Waals surface area (Å²) >= 11 is 0. The Hall–Kier alpha value is -1.59. The van der Waals surface area contributed by atoms with Crippen molar-refractivity contribution >= 4 is 6.09 Å². The van der Waals surface area contributed by atoms with Crippen LogP contribution in [0, 0.1) is 11.3 Å². The van der Waals surface area contributed by atoms with Crippen LogP contribution in [0.2, 0.25) is 0 Å². The van der Waals surface area contributed by atoms with Crippen LogP contribution in [0.25, 0.3) is 0 Å². The van der Waals surface area contributed by atoms with E-state index in [0.29, 0.717) is 12.6 Å². The molecule has 1 spiro atoms. The first-order chi connectivity index (χ1) is 15.2. The van der Waals surface area contributed by atoms with Gasteiger partial charge in [-0.2, -0.15) is 5.06 Å². The van der Waals surface area contributed by atoms with Crippen LogP contribution in [0.3, 0.4) is 0 Å². The van der Waals surface area contributed by atoms with Gasteiger partial charge in [-0.25, -0.2) is 4.79 Å². The zero-order valence-corrected chi connectivity index (χ0v) is 19.3. The normalized spacial score (nSPS) is 24.5. The number of hydroxylamine groups is 2. The van der Waals surface area contributed by atoms with E-state index < -0.39 is 0 Å². The minimum absolute atomic E-state index is 0.179. The number of benzene rings is 1. The standard InChI is InChI=1S/C26H40N2O3/c1-2-3-14-24-26(21-31-28(24)19-22-10-6-4-7-11-22)15-17-27(18-16-26)25(29)30-20-23-12-8-5-9-13-23/h5,8-9,12-13,22,24H,2-4,6-7,10-11,14-21H2,1H3. The number of ether oxygens (including phenoxy) is 1. The first-order valence-electron chi connectivity index (χ1n) is 12.6. The Bertz CT molecular complexity index is 681. The average Bonchev–Trinajstić information content (AvgIpc) is 3.14. The van der Waals surface area contributed by atoms with Crippen molar-refractivity contribution in [1.82, 2.24) is 9.96 Å². The number of hydrogen-bond donors (Lipinski definition) is 0. The smallest absolute Gasteiger partial charge is 0.410 e. The van der Waals surface area contributed by atoms with E-state index in [-0.39, 0.29) is 11.5 Å². The quantitative estimate of drug-likeness (QED) is 0.551. The molecule has 0 radical (unpaired) electrons. The van der Waals surface area contributed by atoms with Gasteiger partial charge in [0, 0.05) is 31.1 Å². The van der Waals surface area contributed by atoms with Crippen LogP contribution < -0.4 is 0 Å². The van der Waals surface area contributed by atoms with Gasteiger partial charge in [0.05, 0.1) is 6.61 Å². The van der Waals surface area contributed by atoms with Crippen LogP contribution in [0.4, 0.5) is 4.79 Å². The predicted molar refractivity (Wildman–Crippen MR) is 122 cm³/mol. The molecule has 4 rings (SSSR count). The highest BCUT2D eigenvalue weighted by molar-refractivity contribution is 5.67. The van der Waals surface area contributed by atoms with Crippen LogP contribution in [0.15, 0.2) is 30.3 Å². The minimum Gasteiger partial charge on any atom is -0.445 e. The summed E-state index contributed by atoms with van der Waals surface area (Å²) in [6, 6.07) is 10.4. The van der Waals surface area contributed by atoms with E-state index in [1.165, 1.54) is 51.4 Å². The maximum Gasteiger partial charge on any atom is 0.410 e. The van der Waals surface area contributed by atoms with Gasteiger partial charge in [-0.1, -0.05) is 69.4 Å². The topological polar surface area (TPSA) is 42.0 Å². The molecule has 1 amide bonds. The molecule has 3 fully saturated rings. The third kappa shape index (κ3) is 5.61. The van der Waals surface area contributed by atoms with Crippen molar-refractivity contribution in [1.29, 1.82) is 0 Å². The first-order valence-corrected chi connectivity index (χ1v) is 12.6. The first kappa shape index (κ1) is 22.6. The van der Waals surface area contributed by atoms with Gasteiger partial charge in [0.25, 0.3) is 0 Å². The lowest BCUT2D eigenvalue weighted by molar-refractivity contribution is -0.143. The highest BCUT2D eigenvalue weighted by Gasteiger charge is 2.50. The molecule has 5 nitrogen and oxygen atoms in total. The molecule has 31 heavy (non-hydrogen) atoms. The van der Waals surface area contributed by atoms with E-state index in [2.05, 4.69) is 12.0 Å². The summed E-state index contributed by atoms with van der Waals surface area (Å²) < 4.78 is 5.58.